The molecule has 6 heteroatoms. The van der Waals surface area contributed by atoms with Crippen LogP contribution in [0.2, 0.25) is 0 Å². The van der Waals surface area contributed by atoms with Gasteiger partial charge in [0.2, 0.25) is 5.91 Å². The Bertz CT molecular complexity index is 388. The molecule has 3 amide bonds. The number of carbonyl (C=O) groups excluding carboxylic acids is 2. The number of nitrogens with zero attached hydrogens (tertiary/aromatic N) is 2. The summed E-state index contributed by atoms with van der Waals surface area (Å²) in [5.74, 6) is 0.235. The highest BCUT2D eigenvalue weighted by atomic mass is 16.2. The van der Waals surface area contributed by atoms with Gasteiger partial charge in [-0.25, -0.2) is 4.79 Å². The van der Waals surface area contributed by atoms with Crippen molar-refractivity contribution in [3.63, 3.8) is 0 Å². The molecule has 2 aliphatic heterocycles. The van der Waals surface area contributed by atoms with Crippen molar-refractivity contribution in [1.29, 1.82) is 0 Å². The Kier molecular flexibility index (Phi) is 8.36. The molecule has 138 valence electrons. The SMILES string of the molecule is CCCCNC(=O)N1CCC(C(=O)NCCCN2CCCC2)CC1. The highest BCUT2D eigenvalue weighted by Crippen LogP contribution is 2.17. The topological polar surface area (TPSA) is 64.7 Å². The van der Waals surface area contributed by atoms with Crippen LogP contribution in [0.15, 0.2) is 0 Å². The molecule has 2 heterocycles. The normalized spacial score (nSPS) is 19.5. The van der Waals surface area contributed by atoms with Gasteiger partial charge in [0.1, 0.15) is 0 Å². The van der Waals surface area contributed by atoms with E-state index in [0.717, 1.165) is 51.7 Å². The van der Waals surface area contributed by atoms with E-state index in [0.29, 0.717) is 13.1 Å². The van der Waals surface area contributed by atoms with E-state index in [4.69, 9.17) is 0 Å². The number of carbonyl (C=O) groups is 2. The molecular formula is C18H34N4O2. The molecule has 2 N–H and O–H groups in total. The molecule has 0 aromatic heterocycles. The molecule has 0 radical (unpaired) electrons. The number of amides is 3. The predicted octanol–water partition coefficient (Wildman–Crippen LogP) is 1.81. The molecule has 0 aromatic carbocycles. The summed E-state index contributed by atoms with van der Waals surface area (Å²) in [6.45, 7) is 8.52. The molecule has 0 bridgehead atoms. The Morgan fingerprint density at radius 3 is 2.29 bits per heavy atom. The van der Waals surface area contributed by atoms with Crippen LogP contribution in [0.3, 0.4) is 0 Å². The minimum atomic E-state index is 0.0212. The first-order chi connectivity index (χ1) is 11.7. The van der Waals surface area contributed by atoms with Gasteiger partial charge in [0.15, 0.2) is 0 Å². The van der Waals surface area contributed by atoms with Crippen LogP contribution in [-0.2, 0) is 4.79 Å². The summed E-state index contributed by atoms with van der Waals surface area (Å²) < 4.78 is 0. The first-order valence-electron chi connectivity index (χ1n) is 9.73. The number of nitrogens with one attached hydrogen (secondary N) is 2. The number of hydrogen-bond acceptors (Lipinski definition) is 3. The fourth-order valence-corrected chi connectivity index (χ4v) is 3.49. The van der Waals surface area contributed by atoms with Crippen LogP contribution in [0.5, 0.6) is 0 Å². The third kappa shape index (κ3) is 6.30. The Balaban J connectivity index is 1.55. The van der Waals surface area contributed by atoms with Crippen LogP contribution in [0, 0.1) is 5.92 Å². The Morgan fingerprint density at radius 2 is 1.62 bits per heavy atom. The maximum atomic E-state index is 12.2. The summed E-state index contributed by atoms with van der Waals surface area (Å²) in [6.07, 6.45) is 7.32. The molecule has 2 fully saturated rings. The van der Waals surface area contributed by atoms with Crippen molar-refractivity contribution in [2.45, 2.75) is 51.9 Å². The van der Waals surface area contributed by atoms with E-state index in [1.807, 2.05) is 4.90 Å². The lowest BCUT2D eigenvalue weighted by atomic mass is 9.96. The third-order valence-corrected chi connectivity index (χ3v) is 5.11. The smallest absolute Gasteiger partial charge is 0.317 e. The van der Waals surface area contributed by atoms with Crippen LogP contribution in [0.4, 0.5) is 4.79 Å². The van der Waals surface area contributed by atoms with Gasteiger partial charge >= 0.3 is 6.03 Å². The minimum Gasteiger partial charge on any atom is -0.356 e. The zero-order valence-electron chi connectivity index (χ0n) is 15.2. The van der Waals surface area contributed by atoms with Crippen LogP contribution >= 0.6 is 0 Å². The molecule has 24 heavy (non-hydrogen) atoms. The number of rotatable bonds is 8. The van der Waals surface area contributed by atoms with Crippen molar-refractivity contribution in [3.8, 4) is 0 Å². The zero-order valence-corrected chi connectivity index (χ0v) is 15.2. The van der Waals surface area contributed by atoms with E-state index in [1.54, 1.807) is 0 Å². The average molecular weight is 338 g/mol. The lowest BCUT2D eigenvalue weighted by Crippen LogP contribution is -2.47. The Labute approximate surface area is 146 Å². The van der Waals surface area contributed by atoms with E-state index in [1.165, 1.54) is 25.9 Å². The zero-order chi connectivity index (χ0) is 17.2. The molecule has 0 atom stereocenters. The molecule has 2 rings (SSSR count). The van der Waals surface area contributed by atoms with Crippen molar-refractivity contribution in [2.75, 3.05) is 45.8 Å². The number of hydrogen-bond donors (Lipinski definition) is 2. The number of urea groups is 1. The van der Waals surface area contributed by atoms with Gasteiger partial charge in [-0.2, -0.15) is 0 Å². The summed E-state index contributed by atoms with van der Waals surface area (Å²) >= 11 is 0. The van der Waals surface area contributed by atoms with Gasteiger partial charge in [-0.15, -0.1) is 0 Å². The van der Waals surface area contributed by atoms with E-state index >= 15 is 0 Å². The fourth-order valence-electron chi connectivity index (χ4n) is 3.49. The second-order valence-electron chi connectivity index (χ2n) is 7.04. The lowest BCUT2D eigenvalue weighted by Gasteiger charge is -2.31. The average Bonchev–Trinajstić information content (AvgIpc) is 3.12. The van der Waals surface area contributed by atoms with E-state index < -0.39 is 0 Å². The van der Waals surface area contributed by atoms with Crippen LogP contribution in [0.1, 0.15) is 51.9 Å². The maximum Gasteiger partial charge on any atom is 0.317 e. The molecule has 2 saturated heterocycles. The minimum absolute atomic E-state index is 0.0212. The number of likely N-dealkylation sites (tertiary alicyclic amines) is 2. The van der Waals surface area contributed by atoms with Gasteiger partial charge in [-0.1, -0.05) is 13.3 Å². The third-order valence-electron chi connectivity index (χ3n) is 5.11. The van der Waals surface area contributed by atoms with Gasteiger partial charge < -0.3 is 20.4 Å². The number of unbranched alkanes of at least 4 members (excludes halogenated alkanes) is 1. The first kappa shape index (κ1) is 19.0. The van der Waals surface area contributed by atoms with Gasteiger partial charge in [0, 0.05) is 32.1 Å². The largest absolute Gasteiger partial charge is 0.356 e. The van der Waals surface area contributed by atoms with Crippen LogP contribution in [-0.4, -0.2) is 67.6 Å². The van der Waals surface area contributed by atoms with E-state index in [9.17, 15) is 9.59 Å². The highest BCUT2D eigenvalue weighted by Gasteiger charge is 2.26. The first-order valence-corrected chi connectivity index (χ1v) is 9.73. The van der Waals surface area contributed by atoms with Crippen molar-refractivity contribution < 1.29 is 9.59 Å². The van der Waals surface area contributed by atoms with Crippen molar-refractivity contribution in [2.24, 2.45) is 5.92 Å². The molecule has 0 saturated carbocycles. The standard InChI is InChI=1S/C18H34N4O2/c1-2-3-9-20-18(24)22-14-7-16(8-15-22)17(23)19-10-6-13-21-11-4-5-12-21/h16H,2-15H2,1H3,(H,19,23)(H,20,24). The molecular weight excluding hydrogens is 304 g/mol. The predicted molar refractivity (Wildman–Crippen MR) is 95.9 cm³/mol. The molecule has 0 unspecified atom stereocenters. The lowest BCUT2D eigenvalue weighted by molar-refractivity contribution is -0.126. The molecule has 0 aliphatic carbocycles. The van der Waals surface area contributed by atoms with Gasteiger partial charge in [0.25, 0.3) is 0 Å². The maximum absolute atomic E-state index is 12.2. The summed E-state index contributed by atoms with van der Waals surface area (Å²) in [5, 5.41) is 6.03. The van der Waals surface area contributed by atoms with E-state index in [-0.39, 0.29) is 17.9 Å². The van der Waals surface area contributed by atoms with Crippen molar-refractivity contribution >= 4 is 11.9 Å². The van der Waals surface area contributed by atoms with Gasteiger partial charge in [-0.3, -0.25) is 4.79 Å². The fraction of sp³-hybridized carbons (Fsp3) is 0.889. The van der Waals surface area contributed by atoms with Crippen LogP contribution in [0.25, 0.3) is 0 Å². The second kappa shape index (κ2) is 10.5. The highest BCUT2D eigenvalue weighted by molar-refractivity contribution is 5.79. The molecule has 0 spiro atoms. The van der Waals surface area contributed by atoms with E-state index in [2.05, 4.69) is 22.5 Å². The van der Waals surface area contributed by atoms with Gasteiger partial charge in [-0.05, 0) is 58.2 Å². The summed E-state index contributed by atoms with van der Waals surface area (Å²) in [4.78, 5) is 28.5. The summed E-state index contributed by atoms with van der Waals surface area (Å²) in [5.41, 5.74) is 0. The summed E-state index contributed by atoms with van der Waals surface area (Å²) in [7, 11) is 0. The molecule has 6 nitrogen and oxygen atoms in total. The number of piperidine rings is 1. The van der Waals surface area contributed by atoms with Crippen LogP contribution < -0.4 is 10.6 Å². The summed E-state index contributed by atoms with van der Waals surface area (Å²) in [6, 6.07) is 0.0212. The Morgan fingerprint density at radius 1 is 0.958 bits per heavy atom. The monoisotopic (exact) mass is 338 g/mol. The molecule has 2 aliphatic rings. The van der Waals surface area contributed by atoms with Crippen molar-refractivity contribution in [3.05, 3.63) is 0 Å². The van der Waals surface area contributed by atoms with Gasteiger partial charge in [0.05, 0.1) is 0 Å². The second-order valence-corrected chi connectivity index (χ2v) is 7.04. The van der Waals surface area contributed by atoms with Crippen molar-refractivity contribution in [1.82, 2.24) is 20.4 Å². The molecule has 0 aromatic rings. The Hall–Kier alpha value is -1.30. The quantitative estimate of drug-likeness (QED) is 0.664.